The van der Waals surface area contributed by atoms with Gasteiger partial charge in [-0.1, -0.05) is 18.2 Å². The number of rotatable bonds is 5. The summed E-state index contributed by atoms with van der Waals surface area (Å²) < 4.78 is 0. The molecule has 1 amide bonds. The number of aromatic hydroxyl groups is 1. The first-order valence-electron chi connectivity index (χ1n) is 5.27. The highest BCUT2D eigenvalue weighted by atomic mass is 16.4. The van der Waals surface area contributed by atoms with Gasteiger partial charge in [0.15, 0.2) is 0 Å². The third-order valence-corrected chi connectivity index (χ3v) is 2.23. The minimum atomic E-state index is -0.958. The van der Waals surface area contributed by atoms with Crippen molar-refractivity contribution in [1.82, 2.24) is 5.32 Å². The van der Waals surface area contributed by atoms with Crippen LogP contribution in [0.4, 0.5) is 0 Å². The molecule has 1 aromatic carbocycles. The Bertz CT molecular complexity index is 417. The number of hydrogen-bond donors (Lipinski definition) is 3. The lowest BCUT2D eigenvalue weighted by atomic mass is 10.1. The Morgan fingerprint density at radius 1 is 1.35 bits per heavy atom. The Morgan fingerprint density at radius 2 is 2.00 bits per heavy atom. The zero-order chi connectivity index (χ0) is 12.8. The van der Waals surface area contributed by atoms with Crippen molar-refractivity contribution >= 4 is 11.9 Å². The maximum absolute atomic E-state index is 11.5. The van der Waals surface area contributed by atoms with Gasteiger partial charge in [0.05, 0.1) is 12.8 Å². The van der Waals surface area contributed by atoms with E-state index in [0.717, 1.165) is 0 Å². The Hall–Kier alpha value is -2.04. The van der Waals surface area contributed by atoms with Crippen molar-refractivity contribution in [2.75, 3.05) is 0 Å². The lowest BCUT2D eigenvalue weighted by Gasteiger charge is -2.11. The summed E-state index contributed by atoms with van der Waals surface area (Å²) in [6.45, 7) is 1.62. The van der Waals surface area contributed by atoms with E-state index in [1.165, 1.54) is 6.07 Å². The second kappa shape index (κ2) is 5.89. The van der Waals surface area contributed by atoms with Gasteiger partial charge in [0.1, 0.15) is 5.75 Å². The quantitative estimate of drug-likeness (QED) is 0.710. The van der Waals surface area contributed by atoms with E-state index in [1.807, 2.05) is 0 Å². The summed E-state index contributed by atoms with van der Waals surface area (Å²) in [7, 11) is 0. The first-order valence-corrected chi connectivity index (χ1v) is 5.27. The van der Waals surface area contributed by atoms with Gasteiger partial charge in [0, 0.05) is 11.6 Å². The van der Waals surface area contributed by atoms with Crippen LogP contribution >= 0.6 is 0 Å². The molecule has 1 aromatic rings. The minimum absolute atomic E-state index is 0.0383. The fourth-order valence-electron chi connectivity index (χ4n) is 1.47. The first kappa shape index (κ1) is 13.0. The predicted molar refractivity (Wildman–Crippen MR) is 61.7 cm³/mol. The van der Waals surface area contributed by atoms with E-state index in [2.05, 4.69) is 5.32 Å². The van der Waals surface area contributed by atoms with Crippen LogP contribution in [0.5, 0.6) is 5.75 Å². The summed E-state index contributed by atoms with van der Waals surface area (Å²) in [6, 6.07) is 6.12. The molecule has 0 heterocycles. The van der Waals surface area contributed by atoms with E-state index in [-0.39, 0.29) is 24.5 Å². The topological polar surface area (TPSA) is 86.6 Å². The maximum Gasteiger partial charge on any atom is 0.305 e. The number of para-hydroxylation sites is 1. The second-order valence-electron chi connectivity index (χ2n) is 3.87. The fourth-order valence-corrected chi connectivity index (χ4v) is 1.47. The van der Waals surface area contributed by atoms with Crippen LogP contribution in [0.25, 0.3) is 0 Å². The molecule has 0 aliphatic rings. The normalized spacial score (nSPS) is 11.8. The van der Waals surface area contributed by atoms with Crippen molar-refractivity contribution < 1.29 is 19.8 Å². The molecule has 1 atom stereocenters. The van der Waals surface area contributed by atoms with Crippen LogP contribution in [0.2, 0.25) is 0 Å². The summed E-state index contributed by atoms with van der Waals surface area (Å²) in [5.74, 6) is -1.20. The third-order valence-electron chi connectivity index (χ3n) is 2.23. The molecule has 0 aliphatic heterocycles. The number of carboxylic acid groups (broad SMARTS) is 1. The fraction of sp³-hybridized carbons (Fsp3) is 0.333. The predicted octanol–water partition coefficient (Wildman–Crippen LogP) is 0.914. The summed E-state index contributed by atoms with van der Waals surface area (Å²) >= 11 is 0. The number of carboxylic acids is 1. The van der Waals surface area contributed by atoms with Crippen LogP contribution in [0.1, 0.15) is 18.9 Å². The number of carbonyl (C=O) groups excluding carboxylic acids is 1. The van der Waals surface area contributed by atoms with Gasteiger partial charge >= 0.3 is 5.97 Å². The van der Waals surface area contributed by atoms with Gasteiger partial charge in [-0.15, -0.1) is 0 Å². The van der Waals surface area contributed by atoms with Gasteiger partial charge in [0.25, 0.3) is 0 Å². The molecule has 5 heteroatoms. The molecule has 0 spiro atoms. The number of phenolic OH excluding ortho intramolecular Hbond substituents is 1. The first-order chi connectivity index (χ1) is 7.99. The SMILES string of the molecule is CC(CC(=O)O)NC(=O)Cc1ccccc1O. The van der Waals surface area contributed by atoms with Crippen LogP contribution in [0.15, 0.2) is 24.3 Å². The molecule has 0 radical (unpaired) electrons. The average Bonchev–Trinajstić information content (AvgIpc) is 2.19. The van der Waals surface area contributed by atoms with Crippen molar-refractivity contribution in [3.05, 3.63) is 29.8 Å². The lowest BCUT2D eigenvalue weighted by molar-refractivity contribution is -0.137. The van der Waals surface area contributed by atoms with Crippen molar-refractivity contribution in [3.63, 3.8) is 0 Å². The summed E-state index contributed by atoms with van der Waals surface area (Å²) in [5.41, 5.74) is 0.521. The summed E-state index contributed by atoms with van der Waals surface area (Å²) in [4.78, 5) is 22.0. The van der Waals surface area contributed by atoms with Gasteiger partial charge in [-0.25, -0.2) is 0 Å². The lowest BCUT2D eigenvalue weighted by Crippen LogP contribution is -2.35. The summed E-state index contributed by atoms with van der Waals surface area (Å²) in [6.07, 6.45) is -0.0802. The molecule has 0 fully saturated rings. The Labute approximate surface area is 99.1 Å². The molecule has 0 aliphatic carbocycles. The van der Waals surface area contributed by atoms with Crippen molar-refractivity contribution in [3.8, 4) is 5.75 Å². The van der Waals surface area contributed by atoms with Gasteiger partial charge in [-0.3, -0.25) is 9.59 Å². The molecule has 0 aromatic heterocycles. The molecule has 1 unspecified atom stereocenters. The molecule has 1 rings (SSSR count). The van der Waals surface area contributed by atoms with Gasteiger partial charge in [0.2, 0.25) is 5.91 Å². The van der Waals surface area contributed by atoms with Crippen molar-refractivity contribution in [1.29, 1.82) is 0 Å². The Morgan fingerprint density at radius 3 is 2.59 bits per heavy atom. The van der Waals surface area contributed by atoms with Gasteiger partial charge in [-0.2, -0.15) is 0 Å². The molecular weight excluding hydrogens is 222 g/mol. The van der Waals surface area contributed by atoms with E-state index in [4.69, 9.17) is 5.11 Å². The summed E-state index contributed by atoms with van der Waals surface area (Å²) in [5, 5.41) is 20.6. The minimum Gasteiger partial charge on any atom is -0.508 e. The number of amides is 1. The molecule has 5 nitrogen and oxygen atoms in total. The van der Waals surface area contributed by atoms with E-state index in [9.17, 15) is 14.7 Å². The van der Waals surface area contributed by atoms with Gasteiger partial charge in [-0.05, 0) is 13.0 Å². The van der Waals surface area contributed by atoms with Crippen molar-refractivity contribution in [2.24, 2.45) is 0 Å². The largest absolute Gasteiger partial charge is 0.508 e. The average molecular weight is 237 g/mol. The highest BCUT2D eigenvalue weighted by Gasteiger charge is 2.12. The smallest absolute Gasteiger partial charge is 0.305 e. The third kappa shape index (κ3) is 4.55. The zero-order valence-electron chi connectivity index (χ0n) is 9.51. The number of hydrogen-bond acceptors (Lipinski definition) is 3. The molecule has 3 N–H and O–H groups in total. The maximum atomic E-state index is 11.5. The second-order valence-corrected chi connectivity index (χ2v) is 3.87. The van der Waals surface area contributed by atoms with E-state index in [1.54, 1.807) is 25.1 Å². The number of nitrogens with one attached hydrogen (secondary N) is 1. The molecule has 0 saturated heterocycles. The standard InChI is InChI=1S/C12H15NO4/c1-8(6-12(16)17)13-11(15)7-9-4-2-3-5-10(9)14/h2-5,8,14H,6-7H2,1H3,(H,13,15)(H,16,17). The van der Waals surface area contributed by atoms with Gasteiger partial charge < -0.3 is 15.5 Å². The number of phenols is 1. The zero-order valence-corrected chi connectivity index (χ0v) is 9.51. The number of aliphatic carboxylic acids is 1. The molecule has 0 saturated carbocycles. The van der Waals surface area contributed by atoms with E-state index >= 15 is 0 Å². The van der Waals surface area contributed by atoms with Crippen LogP contribution in [-0.2, 0) is 16.0 Å². The van der Waals surface area contributed by atoms with Crippen LogP contribution in [0.3, 0.4) is 0 Å². The van der Waals surface area contributed by atoms with E-state index in [0.29, 0.717) is 5.56 Å². The molecular formula is C12H15NO4. The van der Waals surface area contributed by atoms with Crippen LogP contribution < -0.4 is 5.32 Å². The van der Waals surface area contributed by atoms with E-state index < -0.39 is 12.0 Å². The Balaban J connectivity index is 2.50. The number of carbonyl (C=O) groups is 2. The molecule has 92 valence electrons. The van der Waals surface area contributed by atoms with Crippen molar-refractivity contribution in [2.45, 2.75) is 25.8 Å². The monoisotopic (exact) mass is 237 g/mol. The molecule has 17 heavy (non-hydrogen) atoms. The number of benzene rings is 1. The highest BCUT2D eigenvalue weighted by Crippen LogP contribution is 2.15. The molecule has 0 bridgehead atoms. The van der Waals surface area contributed by atoms with Crippen LogP contribution in [-0.4, -0.2) is 28.1 Å². The Kier molecular flexibility index (Phi) is 4.51. The van der Waals surface area contributed by atoms with Crippen LogP contribution in [0, 0.1) is 0 Å². The highest BCUT2D eigenvalue weighted by molar-refractivity contribution is 5.80.